The van der Waals surface area contributed by atoms with E-state index in [1.54, 1.807) is 42.5 Å². The van der Waals surface area contributed by atoms with Gasteiger partial charge in [-0.1, -0.05) is 29.3 Å². The molecule has 0 atom stereocenters. The first-order valence-corrected chi connectivity index (χ1v) is 10.3. The van der Waals surface area contributed by atoms with Crippen LogP contribution < -0.4 is 5.32 Å². The normalized spacial score (nSPS) is 11.5. The van der Waals surface area contributed by atoms with E-state index in [4.69, 9.17) is 23.2 Å². The molecule has 1 N–H and O–H groups in total. The molecule has 0 spiro atoms. The smallest absolute Gasteiger partial charge is 0.187 e. The third kappa shape index (κ3) is 3.72. The Morgan fingerprint density at radius 2 is 1.67 bits per heavy atom. The summed E-state index contributed by atoms with van der Waals surface area (Å²) in [5.74, 6) is 0. The number of anilines is 2. The van der Waals surface area contributed by atoms with Crippen LogP contribution in [0.2, 0.25) is 10.0 Å². The van der Waals surface area contributed by atoms with Crippen molar-refractivity contribution in [2.75, 3.05) is 11.6 Å². The minimum absolute atomic E-state index is 0.274. The van der Waals surface area contributed by atoms with E-state index in [1.807, 2.05) is 5.38 Å². The fourth-order valence-corrected chi connectivity index (χ4v) is 4.04. The first-order valence-electron chi connectivity index (χ1n) is 6.81. The van der Waals surface area contributed by atoms with Crippen LogP contribution in [-0.2, 0) is 9.84 Å². The van der Waals surface area contributed by atoms with Crippen molar-refractivity contribution in [3.63, 3.8) is 0 Å². The number of rotatable bonds is 4. The van der Waals surface area contributed by atoms with Gasteiger partial charge in [-0.3, -0.25) is 0 Å². The molecule has 3 rings (SSSR count). The molecule has 0 unspecified atom stereocenters. The second-order valence-electron chi connectivity index (χ2n) is 5.06. The van der Waals surface area contributed by atoms with Crippen molar-refractivity contribution in [3.05, 3.63) is 57.9 Å². The molecule has 124 valence electrons. The lowest BCUT2D eigenvalue weighted by molar-refractivity contribution is 0.602. The van der Waals surface area contributed by atoms with Crippen molar-refractivity contribution in [1.29, 1.82) is 0 Å². The fraction of sp³-hybridized carbons (Fsp3) is 0.0625. The largest absolute Gasteiger partial charge is 0.332 e. The minimum atomic E-state index is -3.20. The quantitative estimate of drug-likeness (QED) is 0.650. The van der Waals surface area contributed by atoms with Crippen LogP contribution in [0.3, 0.4) is 0 Å². The Bertz CT molecular complexity index is 963. The zero-order valence-electron chi connectivity index (χ0n) is 12.5. The number of aromatic nitrogens is 1. The molecule has 8 heteroatoms. The molecule has 2 aromatic carbocycles. The summed E-state index contributed by atoms with van der Waals surface area (Å²) in [4.78, 5) is 4.76. The summed E-state index contributed by atoms with van der Waals surface area (Å²) in [5.41, 5.74) is 2.12. The summed E-state index contributed by atoms with van der Waals surface area (Å²) < 4.78 is 22.9. The van der Waals surface area contributed by atoms with Crippen LogP contribution in [0.4, 0.5) is 10.8 Å². The van der Waals surface area contributed by atoms with Gasteiger partial charge in [0.2, 0.25) is 0 Å². The van der Waals surface area contributed by atoms with E-state index in [9.17, 15) is 8.42 Å². The molecule has 0 aliphatic heterocycles. The van der Waals surface area contributed by atoms with Crippen molar-refractivity contribution in [2.45, 2.75) is 4.90 Å². The van der Waals surface area contributed by atoms with Gasteiger partial charge in [0, 0.05) is 22.9 Å². The maximum absolute atomic E-state index is 11.5. The molecule has 0 aliphatic carbocycles. The van der Waals surface area contributed by atoms with Gasteiger partial charge < -0.3 is 5.32 Å². The highest BCUT2D eigenvalue weighted by molar-refractivity contribution is 7.90. The first-order chi connectivity index (χ1) is 11.3. The molecule has 4 nitrogen and oxygen atoms in total. The second kappa shape index (κ2) is 6.72. The highest BCUT2D eigenvalue weighted by atomic mass is 35.5. The van der Waals surface area contributed by atoms with E-state index >= 15 is 0 Å². The van der Waals surface area contributed by atoms with E-state index in [0.29, 0.717) is 26.4 Å². The SMILES string of the molecule is CS(=O)(=O)c1ccc(Nc2nc(-c3c(Cl)cccc3Cl)cs2)cc1. The Balaban J connectivity index is 1.84. The van der Waals surface area contributed by atoms with Crippen molar-refractivity contribution < 1.29 is 8.42 Å². The zero-order chi connectivity index (χ0) is 17.3. The molecule has 0 fully saturated rings. The van der Waals surface area contributed by atoms with Crippen LogP contribution in [-0.4, -0.2) is 19.7 Å². The van der Waals surface area contributed by atoms with E-state index in [2.05, 4.69) is 10.3 Å². The van der Waals surface area contributed by atoms with Crippen LogP contribution in [0.1, 0.15) is 0 Å². The Hall–Kier alpha value is -1.60. The third-order valence-corrected chi connectivity index (χ3v) is 5.77. The third-order valence-electron chi connectivity index (χ3n) is 3.26. The zero-order valence-corrected chi connectivity index (χ0v) is 15.6. The molecule has 0 amide bonds. The number of thiazole rings is 1. The predicted molar refractivity (Wildman–Crippen MR) is 100 cm³/mol. The number of hydrogen-bond donors (Lipinski definition) is 1. The topological polar surface area (TPSA) is 59.1 Å². The molecule has 0 bridgehead atoms. The standard InChI is InChI=1S/C16H12Cl2N2O2S2/c1-24(21,22)11-7-5-10(6-8-11)19-16-20-14(9-23-16)15-12(17)3-2-4-13(15)18/h2-9H,1H3,(H,19,20). The Morgan fingerprint density at radius 3 is 2.25 bits per heavy atom. The van der Waals surface area contributed by atoms with E-state index in [1.165, 1.54) is 17.6 Å². The van der Waals surface area contributed by atoms with Crippen LogP contribution in [0.5, 0.6) is 0 Å². The van der Waals surface area contributed by atoms with Crippen molar-refractivity contribution in [2.24, 2.45) is 0 Å². The maximum Gasteiger partial charge on any atom is 0.187 e. The van der Waals surface area contributed by atoms with Gasteiger partial charge in [0.05, 0.1) is 20.6 Å². The average Bonchev–Trinajstić information content (AvgIpc) is 2.95. The number of benzene rings is 2. The lowest BCUT2D eigenvalue weighted by Crippen LogP contribution is -1.97. The van der Waals surface area contributed by atoms with Crippen LogP contribution in [0, 0.1) is 0 Å². The van der Waals surface area contributed by atoms with Crippen LogP contribution in [0.25, 0.3) is 11.3 Å². The summed E-state index contributed by atoms with van der Waals surface area (Å²) >= 11 is 13.8. The van der Waals surface area contributed by atoms with Gasteiger partial charge in [-0.2, -0.15) is 0 Å². The average molecular weight is 399 g/mol. The van der Waals surface area contributed by atoms with Crippen molar-refractivity contribution in [3.8, 4) is 11.3 Å². The van der Waals surface area contributed by atoms with E-state index < -0.39 is 9.84 Å². The highest BCUT2D eigenvalue weighted by Gasteiger charge is 2.12. The molecule has 0 radical (unpaired) electrons. The fourth-order valence-electron chi connectivity index (χ4n) is 2.10. The van der Waals surface area contributed by atoms with E-state index in [0.717, 1.165) is 5.69 Å². The minimum Gasteiger partial charge on any atom is -0.332 e. The monoisotopic (exact) mass is 398 g/mol. The number of hydrogen-bond acceptors (Lipinski definition) is 5. The number of sulfone groups is 1. The summed E-state index contributed by atoms with van der Waals surface area (Å²) in [6.07, 6.45) is 1.18. The number of nitrogens with one attached hydrogen (secondary N) is 1. The molecular weight excluding hydrogens is 387 g/mol. The molecule has 1 heterocycles. The number of nitrogens with zero attached hydrogens (tertiary/aromatic N) is 1. The maximum atomic E-state index is 11.5. The summed E-state index contributed by atoms with van der Waals surface area (Å²) in [7, 11) is -3.20. The molecule has 0 saturated carbocycles. The Kier molecular flexibility index (Phi) is 4.83. The second-order valence-corrected chi connectivity index (χ2v) is 8.74. The van der Waals surface area contributed by atoms with Crippen LogP contribution >= 0.6 is 34.5 Å². The van der Waals surface area contributed by atoms with Gasteiger partial charge in [0.25, 0.3) is 0 Å². The summed E-state index contributed by atoms with van der Waals surface area (Å²) in [6, 6.07) is 11.8. The highest BCUT2D eigenvalue weighted by Crippen LogP contribution is 2.36. The summed E-state index contributed by atoms with van der Waals surface area (Å²) in [5, 5.41) is 6.74. The number of halogens is 2. The Morgan fingerprint density at radius 1 is 1.04 bits per heavy atom. The van der Waals surface area contributed by atoms with Gasteiger partial charge in [0.1, 0.15) is 0 Å². The lowest BCUT2D eigenvalue weighted by Gasteiger charge is -2.05. The van der Waals surface area contributed by atoms with Gasteiger partial charge in [-0.25, -0.2) is 13.4 Å². The van der Waals surface area contributed by atoms with Crippen molar-refractivity contribution >= 4 is 55.2 Å². The molecule has 0 saturated heterocycles. The van der Waals surface area contributed by atoms with Gasteiger partial charge in [-0.15, -0.1) is 11.3 Å². The van der Waals surface area contributed by atoms with Crippen LogP contribution in [0.15, 0.2) is 52.7 Å². The van der Waals surface area contributed by atoms with Crippen molar-refractivity contribution in [1.82, 2.24) is 4.98 Å². The Labute approximate surface area is 154 Å². The molecule has 1 aromatic heterocycles. The summed E-state index contributed by atoms with van der Waals surface area (Å²) in [6.45, 7) is 0. The molecule has 24 heavy (non-hydrogen) atoms. The lowest BCUT2D eigenvalue weighted by atomic mass is 10.2. The predicted octanol–water partition coefficient (Wildman–Crippen LogP) is 5.26. The molecule has 3 aromatic rings. The van der Waals surface area contributed by atoms with Gasteiger partial charge >= 0.3 is 0 Å². The van der Waals surface area contributed by atoms with Gasteiger partial charge in [-0.05, 0) is 36.4 Å². The first kappa shape index (κ1) is 17.2. The van der Waals surface area contributed by atoms with Gasteiger partial charge in [0.15, 0.2) is 15.0 Å². The molecule has 0 aliphatic rings. The van der Waals surface area contributed by atoms with E-state index in [-0.39, 0.29) is 4.90 Å². The molecular formula is C16H12Cl2N2O2S2.